The summed E-state index contributed by atoms with van der Waals surface area (Å²) in [7, 11) is 4.04. The number of anilines is 1. The van der Waals surface area contributed by atoms with Crippen molar-refractivity contribution >= 4 is 17.7 Å². The molecule has 1 amide bonds. The Kier molecular flexibility index (Phi) is 5.50. The highest BCUT2D eigenvalue weighted by Gasteiger charge is 2.36. The Balaban J connectivity index is 1.60. The van der Waals surface area contributed by atoms with Crippen molar-refractivity contribution < 1.29 is 9.21 Å². The zero-order chi connectivity index (χ0) is 18.7. The minimum Gasteiger partial charge on any atom is -0.461 e. The number of hydrogen-bond acceptors (Lipinski definition) is 3. The molecule has 1 heterocycles. The van der Waals surface area contributed by atoms with Crippen LogP contribution in [0.15, 0.2) is 46.9 Å². The molecular weight excluding hydrogens is 324 g/mol. The van der Waals surface area contributed by atoms with Crippen LogP contribution in [0.5, 0.6) is 0 Å². The molecule has 138 valence electrons. The van der Waals surface area contributed by atoms with Crippen LogP contribution in [0.3, 0.4) is 0 Å². The first-order valence-corrected chi connectivity index (χ1v) is 9.31. The number of hydrogen-bond donors (Lipinski definition) is 0. The molecule has 0 aliphatic heterocycles. The van der Waals surface area contributed by atoms with Gasteiger partial charge in [-0.25, -0.2) is 0 Å². The van der Waals surface area contributed by atoms with E-state index >= 15 is 0 Å². The second-order valence-corrected chi connectivity index (χ2v) is 7.31. The molecule has 2 unspecified atom stereocenters. The lowest BCUT2D eigenvalue weighted by Crippen LogP contribution is -2.28. The molecule has 1 fully saturated rings. The molecule has 1 saturated carbocycles. The highest BCUT2D eigenvalue weighted by atomic mass is 16.3. The highest BCUT2D eigenvalue weighted by Crippen LogP contribution is 2.47. The summed E-state index contributed by atoms with van der Waals surface area (Å²) in [6.45, 7) is 5.51. The van der Waals surface area contributed by atoms with E-state index in [0.717, 1.165) is 22.8 Å². The van der Waals surface area contributed by atoms with E-state index in [0.29, 0.717) is 24.9 Å². The fourth-order valence-electron chi connectivity index (χ4n) is 3.10. The maximum Gasteiger partial charge on any atom is 0.246 e. The minimum atomic E-state index is 0.00178. The van der Waals surface area contributed by atoms with Crippen LogP contribution < -0.4 is 4.90 Å². The summed E-state index contributed by atoms with van der Waals surface area (Å²) in [6.07, 6.45) is 4.58. The van der Waals surface area contributed by atoms with Crippen LogP contribution >= 0.6 is 0 Å². The Bertz CT molecular complexity index is 774. The first kappa shape index (κ1) is 18.3. The van der Waals surface area contributed by atoms with E-state index in [-0.39, 0.29) is 5.91 Å². The zero-order valence-corrected chi connectivity index (χ0v) is 16.1. The normalized spacial score (nSPS) is 18.9. The van der Waals surface area contributed by atoms with Gasteiger partial charge in [0.15, 0.2) is 0 Å². The predicted molar refractivity (Wildman–Crippen MR) is 106 cm³/mol. The number of carbonyl (C=O) groups excluding carboxylic acids is 1. The molecule has 0 spiro atoms. The molecule has 26 heavy (non-hydrogen) atoms. The molecule has 1 aliphatic carbocycles. The lowest BCUT2D eigenvalue weighted by atomic mass is 10.2. The van der Waals surface area contributed by atoms with Crippen LogP contribution in [-0.4, -0.2) is 31.4 Å². The van der Waals surface area contributed by atoms with Crippen LogP contribution in [0, 0.1) is 5.92 Å². The number of nitrogens with zero attached hydrogens (tertiary/aromatic N) is 2. The molecule has 1 aromatic heterocycles. The molecule has 0 N–H and O–H groups in total. The number of furan rings is 1. The smallest absolute Gasteiger partial charge is 0.246 e. The van der Waals surface area contributed by atoms with Gasteiger partial charge in [-0.2, -0.15) is 0 Å². The summed E-state index contributed by atoms with van der Waals surface area (Å²) >= 11 is 0. The van der Waals surface area contributed by atoms with E-state index in [1.54, 1.807) is 12.2 Å². The summed E-state index contributed by atoms with van der Waals surface area (Å²) in [5.74, 6) is 3.07. The Morgan fingerprint density at radius 2 is 1.88 bits per heavy atom. The molecule has 1 aromatic carbocycles. The minimum absolute atomic E-state index is 0.00178. The van der Waals surface area contributed by atoms with Gasteiger partial charge in [-0.3, -0.25) is 4.79 Å². The SMILES string of the molecule is CCN(Cc1ccc(N(C)C)cc1)C(=O)/C=C/c1ccc(C2CC2C)o1. The van der Waals surface area contributed by atoms with Crippen LogP contribution in [0.25, 0.3) is 6.08 Å². The molecule has 4 heteroatoms. The van der Waals surface area contributed by atoms with E-state index in [1.807, 2.05) is 38.1 Å². The summed E-state index contributed by atoms with van der Waals surface area (Å²) in [4.78, 5) is 16.4. The topological polar surface area (TPSA) is 36.7 Å². The van der Waals surface area contributed by atoms with E-state index < -0.39 is 0 Å². The third-order valence-electron chi connectivity index (χ3n) is 5.03. The summed E-state index contributed by atoms with van der Waals surface area (Å²) < 4.78 is 5.83. The molecule has 0 saturated heterocycles. The van der Waals surface area contributed by atoms with Crippen molar-refractivity contribution in [3.63, 3.8) is 0 Å². The van der Waals surface area contributed by atoms with Crippen LogP contribution in [0.1, 0.15) is 43.3 Å². The molecule has 3 rings (SSSR count). The van der Waals surface area contributed by atoms with E-state index in [1.165, 1.54) is 6.42 Å². The van der Waals surface area contributed by atoms with Crippen molar-refractivity contribution in [2.45, 2.75) is 32.7 Å². The first-order valence-electron chi connectivity index (χ1n) is 9.31. The largest absolute Gasteiger partial charge is 0.461 e. The van der Waals surface area contributed by atoms with Crippen molar-refractivity contribution in [1.82, 2.24) is 4.90 Å². The van der Waals surface area contributed by atoms with Crippen molar-refractivity contribution in [3.8, 4) is 0 Å². The fraction of sp³-hybridized carbons (Fsp3) is 0.409. The van der Waals surface area contributed by atoms with Gasteiger partial charge in [0.1, 0.15) is 11.5 Å². The Hall–Kier alpha value is -2.49. The Labute approximate surface area is 156 Å². The number of benzene rings is 1. The fourth-order valence-corrected chi connectivity index (χ4v) is 3.10. The van der Waals surface area contributed by atoms with E-state index in [2.05, 4.69) is 36.1 Å². The van der Waals surface area contributed by atoms with Gasteiger partial charge in [-0.05, 0) is 55.2 Å². The average molecular weight is 352 g/mol. The van der Waals surface area contributed by atoms with Gasteiger partial charge in [-0.1, -0.05) is 19.1 Å². The lowest BCUT2D eigenvalue weighted by Gasteiger charge is -2.20. The first-order chi connectivity index (χ1) is 12.5. The van der Waals surface area contributed by atoms with Gasteiger partial charge in [0, 0.05) is 44.9 Å². The molecule has 4 nitrogen and oxygen atoms in total. The predicted octanol–water partition coefficient (Wildman–Crippen LogP) is 4.53. The molecule has 1 aliphatic rings. The van der Waals surface area contributed by atoms with Crippen molar-refractivity contribution in [2.75, 3.05) is 25.5 Å². The van der Waals surface area contributed by atoms with Gasteiger partial charge in [0.25, 0.3) is 0 Å². The third kappa shape index (κ3) is 4.37. The van der Waals surface area contributed by atoms with Crippen molar-refractivity contribution in [1.29, 1.82) is 0 Å². The van der Waals surface area contributed by atoms with E-state index in [9.17, 15) is 4.79 Å². The average Bonchev–Trinajstić information content (AvgIpc) is 3.18. The van der Waals surface area contributed by atoms with Gasteiger partial charge in [0.2, 0.25) is 5.91 Å². The number of amides is 1. The summed E-state index contributed by atoms with van der Waals surface area (Å²) in [5.41, 5.74) is 2.28. The molecule has 2 atom stereocenters. The van der Waals surface area contributed by atoms with Crippen LogP contribution in [-0.2, 0) is 11.3 Å². The van der Waals surface area contributed by atoms with Crippen LogP contribution in [0.2, 0.25) is 0 Å². The monoisotopic (exact) mass is 352 g/mol. The van der Waals surface area contributed by atoms with Gasteiger partial charge in [0.05, 0.1) is 0 Å². The maximum atomic E-state index is 12.5. The molecule has 0 bridgehead atoms. The number of rotatable bonds is 7. The van der Waals surface area contributed by atoms with Crippen LogP contribution in [0.4, 0.5) is 5.69 Å². The summed E-state index contributed by atoms with van der Waals surface area (Å²) in [6, 6.07) is 12.3. The third-order valence-corrected chi connectivity index (χ3v) is 5.03. The van der Waals surface area contributed by atoms with Crippen molar-refractivity contribution in [2.24, 2.45) is 5.92 Å². The number of likely N-dealkylation sites (N-methyl/N-ethyl adjacent to an activating group) is 1. The standard InChI is InChI=1S/C22H28N2O2/c1-5-24(15-17-6-8-18(9-7-17)23(3)4)22(25)13-11-19-10-12-21(26-19)20-14-16(20)2/h6-13,16,20H,5,14-15H2,1-4H3/b13-11+. The van der Waals surface area contributed by atoms with Gasteiger partial charge in [-0.15, -0.1) is 0 Å². The van der Waals surface area contributed by atoms with E-state index in [4.69, 9.17) is 4.42 Å². The Morgan fingerprint density at radius 3 is 2.46 bits per heavy atom. The second-order valence-electron chi connectivity index (χ2n) is 7.31. The quantitative estimate of drug-likeness (QED) is 0.687. The zero-order valence-electron chi connectivity index (χ0n) is 16.1. The Morgan fingerprint density at radius 1 is 1.19 bits per heavy atom. The second kappa shape index (κ2) is 7.81. The van der Waals surface area contributed by atoms with Gasteiger partial charge < -0.3 is 14.2 Å². The molecular formula is C22H28N2O2. The van der Waals surface area contributed by atoms with Gasteiger partial charge >= 0.3 is 0 Å². The molecule has 2 aromatic rings. The number of carbonyl (C=O) groups is 1. The highest BCUT2D eigenvalue weighted by molar-refractivity contribution is 5.91. The van der Waals surface area contributed by atoms with Crippen molar-refractivity contribution in [3.05, 3.63) is 59.6 Å². The summed E-state index contributed by atoms with van der Waals surface area (Å²) in [5, 5.41) is 0. The lowest BCUT2D eigenvalue weighted by molar-refractivity contribution is -0.126. The maximum absolute atomic E-state index is 12.5. The molecule has 0 radical (unpaired) electrons.